The van der Waals surface area contributed by atoms with E-state index in [2.05, 4.69) is 42.1 Å². The summed E-state index contributed by atoms with van der Waals surface area (Å²) >= 11 is 0. The Bertz CT molecular complexity index is 1530. The van der Waals surface area contributed by atoms with Crippen LogP contribution in [0, 0.1) is 11.8 Å². The molecule has 32 heavy (non-hydrogen) atoms. The first-order chi connectivity index (χ1) is 15.7. The Morgan fingerprint density at radius 1 is 1.12 bits per heavy atom. The molecule has 0 radical (unpaired) electrons. The van der Waals surface area contributed by atoms with Gasteiger partial charge in [0.05, 0.1) is 6.33 Å². The van der Waals surface area contributed by atoms with Crippen molar-refractivity contribution in [2.24, 2.45) is 18.9 Å². The molecule has 1 saturated carbocycles. The lowest BCUT2D eigenvalue weighted by Gasteiger charge is -2.21. The van der Waals surface area contributed by atoms with Crippen molar-refractivity contribution in [1.29, 1.82) is 0 Å². The van der Waals surface area contributed by atoms with Gasteiger partial charge in [0.2, 0.25) is 5.89 Å². The van der Waals surface area contributed by atoms with E-state index in [1.165, 1.54) is 17.3 Å². The largest absolute Gasteiger partial charge is 0.443 e. The second-order valence-corrected chi connectivity index (χ2v) is 8.51. The molecule has 2 unspecified atom stereocenters. The van der Waals surface area contributed by atoms with Gasteiger partial charge in [-0.15, -0.1) is 0 Å². The zero-order valence-electron chi connectivity index (χ0n) is 17.1. The summed E-state index contributed by atoms with van der Waals surface area (Å²) < 4.78 is 13.9. The Labute approximate surface area is 180 Å². The van der Waals surface area contributed by atoms with Gasteiger partial charge in [0.1, 0.15) is 18.4 Å². The molecule has 11 nitrogen and oxygen atoms in total. The molecule has 160 valence electrons. The standard InChI is InChI=1S/C21H18N8O3/c1-27-8-22-20-18(27)21(30)29(9-23-20)7-16-25-19(26-32-16)17-12-5-28(6-13(12)17)11-2-3-15-14(4-11)24-10-31-15/h2-4,8-10,12-13,17H,5-7H2,1H3/t12-,13?,17?/m1/s1. The van der Waals surface area contributed by atoms with Crippen molar-refractivity contribution in [1.82, 2.24) is 34.2 Å². The number of piperidine rings is 1. The molecule has 7 rings (SSSR count). The predicted octanol–water partition coefficient (Wildman–Crippen LogP) is 1.55. The van der Waals surface area contributed by atoms with Crippen LogP contribution in [0.4, 0.5) is 5.69 Å². The fourth-order valence-electron chi connectivity index (χ4n) is 4.96. The van der Waals surface area contributed by atoms with E-state index in [-0.39, 0.29) is 12.1 Å². The van der Waals surface area contributed by atoms with Gasteiger partial charge in [0.15, 0.2) is 29.0 Å². The second kappa shape index (κ2) is 6.25. The smallest absolute Gasteiger partial charge is 0.280 e. The fraction of sp³-hybridized carbons (Fsp3) is 0.333. The quantitative estimate of drug-likeness (QED) is 0.418. The number of oxazole rings is 1. The zero-order valence-corrected chi connectivity index (χ0v) is 17.1. The number of anilines is 1. The maximum Gasteiger partial charge on any atom is 0.280 e. The Balaban J connectivity index is 1.07. The summed E-state index contributed by atoms with van der Waals surface area (Å²) in [5.74, 6) is 2.44. The third kappa shape index (κ3) is 2.53. The van der Waals surface area contributed by atoms with Crippen LogP contribution in [-0.4, -0.2) is 47.3 Å². The Morgan fingerprint density at radius 3 is 2.84 bits per heavy atom. The zero-order chi connectivity index (χ0) is 21.4. The molecule has 0 spiro atoms. The number of hydrogen-bond acceptors (Lipinski definition) is 9. The molecule has 2 fully saturated rings. The number of fused-ring (bicyclic) bond motifs is 3. The highest BCUT2D eigenvalue weighted by molar-refractivity contribution is 5.77. The lowest BCUT2D eigenvalue weighted by atomic mass is 10.2. The van der Waals surface area contributed by atoms with E-state index in [1.807, 2.05) is 6.07 Å². The first kappa shape index (κ1) is 17.6. The lowest BCUT2D eigenvalue weighted by molar-refractivity contribution is 0.363. The monoisotopic (exact) mass is 430 g/mol. The highest BCUT2D eigenvalue weighted by Gasteiger charge is 2.58. The van der Waals surface area contributed by atoms with Crippen molar-refractivity contribution in [2.45, 2.75) is 12.5 Å². The molecule has 11 heteroatoms. The van der Waals surface area contributed by atoms with Crippen molar-refractivity contribution in [2.75, 3.05) is 18.0 Å². The molecule has 2 aliphatic rings. The number of benzene rings is 1. The van der Waals surface area contributed by atoms with Crippen LogP contribution < -0.4 is 10.5 Å². The van der Waals surface area contributed by atoms with Crippen LogP contribution in [0.2, 0.25) is 0 Å². The van der Waals surface area contributed by atoms with E-state index < -0.39 is 0 Å². The maximum atomic E-state index is 12.7. The van der Waals surface area contributed by atoms with Crippen LogP contribution in [-0.2, 0) is 13.6 Å². The van der Waals surface area contributed by atoms with Crippen LogP contribution in [0.1, 0.15) is 17.6 Å². The van der Waals surface area contributed by atoms with Gasteiger partial charge in [0, 0.05) is 31.7 Å². The first-order valence-electron chi connectivity index (χ1n) is 10.4. The Hall–Kier alpha value is -4.02. The molecule has 1 aromatic carbocycles. The molecule has 5 aromatic rings. The minimum Gasteiger partial charge on any atom is -0.443 e. The Kier molecular flexibility index (Phi) is 3.45. The normalized spacial score (nSPS) is 22.2. The molecule has 1 aliphatic heterocycles. The molecule has 1 saturated heterocycles. The molecule has 4 aromatic heterocycles. The number of imidazole rings is 1. The van der Waals surface area contributed by atoms with Gasteiger partial charge in [0.25, 0.3) is 5.56 Å². The summed E-state index contributed by atoms with van der Waals surface area (Å²) in [5.41, 5.74) is 3.52. The molecule has 1 aliphatic carbocycles. The van der Waals surface area contributed by atoms with Crippen LogP contribution >= 0.6 is 0 Å². The van der Waals surface area contributed by atoms with Crippen LogP contribution in [0.25, 0.3) is 22.3 Å². The van der Waals surface area contributed by atoms with E-state index in [0.29, 0.717) is 34.8 Å². The second-order valence-electron chi connectivity index (χ2n) is 8.51. The average molecular weight is 430 g/mol. The van der Waals surface area contributed by atoms with Gasteiger partial charge in [-0.1, -0.05) is 5.16 Å². The Morgan fingerprint density at radius 2 is 1.97 bits per heavy atom. The summed E-state index contributed by atoms with van der Waals surface area (Å²) in [6.07, 6.45) is 4.52. The molecular formula is C21H18N8O3. The average Bonchev–Trinajstić information content (AvgIpc) is 3.38. The molecule has 0 bridgehead atoms. The molecular weight excluding hydrogens is 412 g/mol. The van der Waals surface area contributed by atoms with Gasteiger partial charge in [-0.2, -0.15) is 4.98 Å². The fourth-order valence-corrected chi connectivity index (χ4v) is 4.96. The van der Waals surface area contributed by atoms with E-state index in [0.717, 1.165) is 35.7 Å². The van der Waals surface area contributed by atoms with Gasteiger partial charge < -0.3 is 18.4 Å². The van der Waals surface area contributed by atoms with E-state index in [1.54, 1.807) is 17.9 Å². The third-order valence-electron chi connectivity index (χ3n) is 6.66. The van der Waals surface area contributed by atoms with Gasteiger partial charge >= 0.3 is 0 Å². The molecule has 0 amide bonds. The summed E-state index contributed by atoms with van der Waals surface area (Å²) in [5, 5.41) is 4.21. The van der Waals surface area contributed by atoms with Crippen LogP contribution in [0.15, 0.2) is 51.0 Å². The molecule has 0 N–H and O–H groups in total. The van der Waals surface area contributed by atoms with Crippen molar-refractivity contribution < 1.29 is 8.94 Å². The van der Waals surface area contributed by atoms with Crippen molar-refractivity contribution in [3.05, 3.63) is 59.3 Å². The minimum atomic E-state index is -0.183. The van der Waals surface area contributed by atoms with Gasteiger partial charge in [-0.05, 0) is 30.0 Å². The number of aryl methyl sites for hydroxylation is 1. The topological polar surface area (TPSA) is 121 Å². The third-order valence-corrected chi connectivity index (χ3v) is 6.66. The summed E-state index contributed by atoms with van der Waals surface area (Å²) in [6.45, 7) is 2.08. The van der Waals surface area contributed by atoms with Gasteiger partial charge in [-0.3, -0.25) is 9.36 Å². The summed E-state index contributed by atoms with van der Waals surface area (Å²) in [4.78, 5) is 32.3. The lowest BCUT2D eigenvalue weighted by Crippen LogP contribution is -2.23. The first-order valence-corrected chi connectivity index (χ1v) is 10.4. The number of rotatable bonds is 4. The van der Waals surface area contributed by atoms with Crippen LogP contribution in [0.5, 0.6) is 0 Å². The highest BCUT2D eigenvalue weighted by atomic mass is 16.5. The van der Waals surface area contributed by atoms with E-state index in [4.69, 9.17) is 8.94 Å². The van der Waals surface area contributed by atoms with Crippen molar-refractivity contribution >= 4 is 28.0 Å². The summed E-state index contributed by atoms with van der Waals surface area (Å²) in [7, 11) is 1.77. The maximum absolute atomic E-state index is 12.7. The van der Waals surface area contributed by atoms with Crippen LogP contribution in [0.3, 0.4) is 0 Å². The molecule has 3 atom stereocenters. The van der Waals surface area contributed by atoms with Gasteiger partial charge in [-0.25, -0.2) is 15.0 Å². The van der Waals surface area contributed by atoms with Crippen molar-refractivity contribution in [3.8, 4) is 0 Å². The number of aromatic nitrogens is 7. The predicted molar refractivity (Wildman–Crippen MR) is 112 cm³/mol. The number of hydrogen-bond donors (Lipinski definition) is 0. The van der Waals surface area contributed by atoms with E-state index in [9.17, 15) is 4.79 Å². The van der Waals surface area contributed by atoms with E-state index >= 15 is 0 Å². The highest BCUT2D eigenvalue weighted by Crippen LogP contribution is 2.58. The molecule has 5 heterocycles. The SMILES string of the molecule is Cn1cnc2ncn(Cc3nc(C4C5CN(c6ccc7ocnc7c6)C[C@H]54)no3)c(=O)c21. The number of nitrogens with zero attached hydrogens (tertiary/aromatic N) is 8. The minimum absolute atomic E-state index is 0.183. The van der Waals surface area contributed by atoms with Crippen molar-refractivity contribution in [3.63, 3.8) is 0 Å². The summed E-state index contributed by atoms with van der Waals surface area (Å²) in [6, 6.07) is 6.10.